The van der Waals surface area contributed by atoms with Gasteiger partial charge in [0.05, 0.1) is 11.5 Å². The second kappa shape index (κ2) is 5.17. The minimum Gasteiger partial charge on any atom is -0.373 e. The molecule has 15 heavy (non-hydrogen) atoms. The summed E-state index contributed by atoms with van der Waals surface area (Å²) in [6.45, 7) is 0.860. The molecule has 1 unspecified atom stereocenters. The van der Waals surface area contributed by atoms with Crippen LogP contribution in [0.4, 0.5) is 0 Å². The summed E-state index contributed by atoms with van der Waals surface area (Å²) in [5, 5.41) is 2.11. The zero-order chi connectivity index (χ0) is 10.7. The van der Waals surface area contributed by atoms with Crippen LogP contribution < -0.4 is 0 Å². The van der Waals surface area contributed by atoms with Crippen LogP contribution in [0.5, 0.6) is 0 Å². The normalized spacial score (nSPS) is 26.8. The number of halogens is 2. The first-order valence-electron chi connectivity index (χ1n) is 5.17. The number of rotatable bonds is 3. The third-order valence-corrected chi connectivity index (χ3v) is 4.98. The number of hydrogen-bond acceptors (Lipinski definition) is 2. The molecule has 1 aromatic heterocycles. The van der Waals surface area contributed by atoms with Gasteiger partial charge in [0, 0.05) is 27.8 Å². The third-order valence-electron chi connectivity index (χ3n) is 2.80. The lowest BCUT2D eigenvalue weighted by Crippen LogP contribution is -2.40. The Morgan fingerprint density at radius 1 is 1.53 bits per heavy atom. The first-order valence-corrected chi connectivity index (χ1v) is 7.38. The van der Waals surface area contributed by atoms with Gasteiger partial charge >= 0.3 is 0 Å². The third kappa shape index (κ3) is 2.96. The molecule has 84 valence electrons. The van der Waals surface area contributed by atoms with Crippen LogP contribution in [0.25, 0.3) is 0 Å². The molecule has 1 aliphatic rings. The highest BCUT2D eigenvalue weighted by Crippen LogP contribution is 2.32. The van der Waals surface area contributed by atoms with Crippen LogP contribution in [-0.4, -0.2) is 18.1 Å². The molecule has 1 aromatic rings. The SMILES string of the molecule is ClCC1(Cc2cc(Br)cs2)CCCCO1. The Kier molecular flexibility index (Phi) is 4.10. The van der Waals surface area contributed by atoms with E-state index < -0.39 is 0 Å². The van der Waals surface area contributed by atoms with E-state index in [0.29, 0.717) is 5.88 Å². The standard InChI is InChI=1S/C11H14BrClOS/c12-9-5-10(15-7-9)6-11(8-13)3-1-2-4-14-11/h5,7H,1-4,6,8H2. The predicted molar refractivity (Wildman–Crippen MR) is 69.0 cm³/mol. The minimum atomic E-state index is -0.107. The van der Waals surface area contributed by atoms with Crippen LogP contribution >= 0.6 is 38.9 Å². The first kappa shape index (κ1) is 11.9. The lowest BCUT2D eigenvalue weighted by atomic mass is 9.92. The molecule has 1 aliphatic heterocycles. The fraction of sp³-hybridized carbons (Fsp3) is 0.636. The Morgan fingerprint density at radius 2 is 2.40 bits per heavy atom. The van der Waals surface area contributed by atoms with Crippen molar-refractivity contribution in [3.8, 4) is 0 Å². The average Bonchev–Trinajstić information content (AvgIpc) is 2.65. The summed E-state index contributed by atoms with van der Waals surface area (Å²) in [4.78, 5) is 1.35. The molecule has 2 heterocycles. The predicted octanol–water partition coefficient (Wildman–Crippen LogP) is 4.23. The molecule has 2 rings (SSSR count). The number of hydrogen-bond donors (Lipinski definition) is 0. The molecule has 0 N–H and O–H groups in total. The smallest absolute Gasteiger partial charge is 0.0865 e. The molecule has 0 spiro atoms. The lowest BCUT2D eigenvalue weighted by Gasteiger charge is -2.35. The monoisotopic (exact) mass is 308 g/mol. The molecule has 1 saturated heterocycles. The van der Waals surface area contributed by atoms with Gasteiger partial charge in [-0.25, -0.2) is 0 Å². The fourth-order valence-corrected chi connectivity index (χ4v) is 3.85. The quantitative estimate of drug-likeness (QED) is 0.759. The number of alkyl halides is 1. The maximum atomic E-state index is 6.06. The number of thiophene rings is 1. The summed E-state index contributed by atoms with van der Waals surface area (Å²) >= 11 is 11.3. The van der Waals surface area contributed by atoms with Crippen molar-refractivity contribution >= 4 is 38.9 Å². The van der Waals surface area contributed by atoms with Crippen molar-refractivity contribution in [2.45, 2.75) is 31.3 Å². The molecule has 0 saturated carbocycles. The highest BCUT2D eigenvalue weighted by molar-refractivity contribution is 9.10. The van der Waals surface area contributed by atoms with Crippen LogP contribution in [0.1, 0.15) is 24.1 Å². The van der Waals surface area contributed by atoms with Gasteiger partial charge in [-0.1, -0.05) is 0 Å². The van der Waals surface area contributed by atoms with Gasteiger partial charge in [0.2, 0.25) is 0 Å². The van der Waals surface area contributed by atoms with E-state index in [4.69, 9.17) is 16.3 Å². The minimum absolute atomic E-state index is 0.107. The van der Waals surface area contributed by atoms with Gasteiger partial charge in [-0.05, 0) is 41.3 Å². The molecule has 0 bridgehead atoms. The zero-order valence-corrected chi connectivity index (χ0v) is 11.6. The summed E-state index contributed by atoms with van der Waals surface area (Å²) < 4.78 is 7.04. The molecule has 0 aromatic carbocycles. The van der Waals surface area contributed by atoms with Gasteiger partial charge < -0.3 is 4.74 Å². The van der Waals surface area contributed by atoms with Gasteiger partial charge in [-0.2, -0.15) is 0 Å². The van der Waals surface area contributed by atoms with Gasteiger partial charge in [0.15, 0.2) is 0 Å². The molecule has 0 radical (unpaired) electrons. The Morgan fingerprint density at radius 3 is 2.93 bits per heavy atom. The Hall–Kier alpha value is 0.430. The molecule has 1 atom stereocenters. The maximum Gasteiger partial charge on any atom is 0.0865 e. The van der Waals surface area contributed by atoms with Crippen LogP contribution in [0.3, 0.4) is 0 Å². The number of ether oxygens (including phenoxy) is 1. The molecule has 4 heteroatoms. The van der Waals surface area contributed by atoms with E-state index in [1.54, 1.807) is 11.3 Å². The van der Waals surface area contributed by atoms with Crippen LogP contribution in [0.15, 0.2) is 15.9 Å². The molecule has 0 amide bonds. The molecule has 0 aliphatic carbocycles. The second-order valence-corrected chi connectivity index (χ2v) is 6.21. The van der Waals surface area contributed by atoms with Gasteiger partial charge in [0.25, 0.3) is 0 Å². The van der Waals surface area contributed by atoms with E-state index >= 15 is 0 Å². The Bertz CT molecular complexity index is 320. The van der Waals surface area contributed by atoms with Gasteiger partial charge in [0.1, 0.15) is 0 Å². The van der Waals surface area contributed by atoms with E-state index in [1.807, 2.05) is 0 Å². The van der Waals surface area contributed by atoms with Crippen molar-refractivity contribution in [2.75, 3.05) is 12.5 Å². The average molecular weight is 310 g/mol. The summed E-state index contributed by atoms with van der Waals surface area (Å²) in [5.41, 5.74) is -0.107. The van der Waals surface area contributed by atoms with E-state index in [2.05, 4.69) is 27.4 Å². The largest absolute Gasteiger partial charge is 0.373 e. The summed E-state index contributed by atoms with van der Waals surface area (Å²) in [7, 11) is 0. The fourth-order valence-electron chi connectivity index (χ4n) is 1.97. The zero-order valence-electron chi connectivity index (χ0n) is 8.47. The first-order chi connectivity index (χ1) is 7.24. The van der Waals surface area contributed by atoms with Crippen LogP contribution in [0.2, 0.25) is 0 Å². The topological polar surface area (TPSA) is 9.23 Å². The van der Waals surface area contributed by atoms with Crippen molar-refractivity contribution in [1.82, 2.24) is 0 Å². The van der Waals surface area contributed by atoms with E-state index in [0.717, 1.165) is 23.9 Å². The van der Waals surface area contributed by atoms with E-state index in [1.165, 1.54) is 17.7 Å². The maximum absolute atomic E-state index is 6.06. The van der Waals surface area contributed by atoms with Crippen LogP contribution in [-0.2, 0) is 11.2 Å². The molecular formula is C11H14BrClOS. The van der Waals surface area contributed by atoms with Gasteiger partial charge in [-0.3, -0.25) is 0 Å². The lowest BCUT2D eigenvalue weighted by molar-refractivity contribution is -0.0611. The Balaban J connectivity index is 2.06. The molecule has 1 fully saturated rings. The van der Waals surface area contributed by atoms with Crippen molar-refractivity contribution in [1.29, 1.82) is 0 Å². The van der Waals surface area contributed by atoms with E-state index in [-0.39, 0.29) is 5.60 Å². The van der Waals surface area contributed by atoms with Crippen LogP contribution in [0, 0.1) is 0 Å². The summed E-state index contributed by atoms with van der Waals surface area (Å²) in [6.07, 6.45) is 4.45. The highest BCUT2D eigenvalue weighted by atomic mass is 79.9. The summed E-state index contributed by atoms with van der Waals surface area (Å²) in [5.74, 6) is 0.600. The van der Waals surface area contributed by atoms with Crippen molar-refractivity contribution in [3.05, 3.63) is 20.8 Å². The van der Waals surface area contributed by atoms with Crippen molar-refractivity contribution in [3.63, 3.8) is 0 Å². The summed E-state index contributed by atoms with van der Waals surface area (Å²) in [6, 6.07) is 2.16. The van der Waals surface area contributed by atoms with Crippen molar-refractivity contribution in [2.24, 2.45) is 0 Å². The van der Waals surface area contributed by atoms with E-state index in [9.17, 15) is 0 Å². The highest BCUT2D eigenvalue weighted by Gasteiger charge is 2.33. The second-order valence-electron chi connectivity index (χ2n) is 4.03. The van der Waals surface area contributed by atoms with Gasteiger partial charge in [-0.15, -0.1) is 22.9 Å². The Labute approximate surface area is 108 Å². The molecule has 1 nitrogen and oxygen atoms in total. The van der Waals surface area contributed by atoms with Crippen molar-refractivity contribution < 1.29 is 4.74 Å². The molecular weight excluding hydrogens is 296 g/mol.